The van der Waals surface area contributed by atoms with Gasteiger partial charge in [-0.1, -0.05) is 11.8 Å². The molecule has 0 atom stereocenters. The zero-order valence-corrected chi connectivity index (χ0v) is 17.0. The van der Waals surface area contributed by atoms with Crippen LogP contribution in [-0.4, -0.2) is 33.5 Å². The van der Waals surface area contributed by atoms with Crippen molar-refractivity contribution in [1.82, 2.24) is 14.8 Å². The van der Waals surface area contributed by atoms with Gasteiger partial charge in [-0.25, -0.2) is 0 Å². The van der Waals surface area contributed by atoms with E-state index in [-0.39, 0.29) is 11.8 Å². The second-order valence-electron chi connectivity index (χ2n) is 6.31. The lowest BCUT2D eigenvalue weighted by atomic mass is 10.1. The van der Waals surface area contributed by atoms with E-state index >= 15 is 0 Å². The molecular formula is C19H14F6N4O2S. The summed E-state index contributed by atoms with van der Waals surface area (Å²) in [6, 6.07) is 7.70. The molecule has 1 heterocycles. The SMILES string of the molecule is COc1ccc(-n2cnnc2SCC(=O)Nc2cc(C(F)(F)F)cc(C(F)(F)F)c2)cc1. The Bertz CT molecular complexity index is 1060. The van der Waals surface area contributed by atoms with Gasteiger partial charge in [0.25, 0.3) is 0 Å². The van der Waals surface area contributed by atoms with Gasteiger partial charge in [0, 0.05) is 11.4 Å². The number of ether oxygens (including phenoxy) is 1. The fourth-order valence-electron chi connectivity index (χ4n) is 2.60. The van der Waals surface area contributed by atoms with Crippen molar-refractivity contribution in [3.05, 3.63) is 59.9 Å². The first-order valence-electron chi connectivity index (χ1n) is 8.74. The number of amides is 1. The number of aromatic nitrogens is 3. The number of nitrogens with one attached hydrogen (secondary N) is 1. The summed E-state index contributed by atoms with van der Waals surface area (Å²) >= 11 is 0.907. The summed E-state index contributed by atoms with van der Waals surface area (Å²) in [5.74, 6) is -0.520. The molecule has 1 amide bonds. The van der Waals surface area contributed by atoms with E-state index in [1.807, 2.05) is 0 Å². The molecule has 0 spiro atoms. The zero-order valence-electron chi connectivity index (χ0n) is 16.2. The Kier molecular flexibility index (Phi) is 6.67. The average molecular weight is 476 g/mol. The minimum atomic E-state index is -5.01. The summed E-state index contributed by atoms with van der Waals surface area (Å²) in [5, 5.41) is 10.0. The van der Waals surface area contributed by atoms with Gasteiger partial charge in [0.2, 0.25) is 5.91 Å². The van der Waals surface area contributed by atoms with Crippen LogP contribution in [0.3, 0.4) is 0 Å². The monoisotopic (exact) mass is 476 g/mol. The molecule has 170 valence electrons. The Labute approximate surface area is 181 Å². The Morgan fingerprint density at radius 1 is 1.03 bits per heavy atom. The maximum absolute atomic E-state index is 13.0. The molecule has 0 fully saturated rings. The van der Waals surface area contributed by atoms with E-state index in [2.05, 4.69) is 15.5 Å². The lowest BCUT2D eigenvalue weighted by Crippen LogP contribution is -2.17. The highest BCUT2D eigenvalue weighted by Crippen LogP contribution is 2.37. The van der Waals surface area contributed by atoms with E-state index in [9.17, 15) is 31.1 Å². The predicted molar refractivity (Wildman–Crippen MR) is 104 cm³/mol. The van der Waals surface area contributed by atoms with Crippen molar-refractivity contribution >= 4 is 23.4 Å². The maximum atomic E-state index is 13.0. The van der Waals surface area contributed by atoms with Crippen molar-refractivity contribution in [3.8, 4) is 11.4 Å². The van der Waals surface area contributed by atoms with E-state index in [1.54, 1.807) is 28.8 Å². The minimum Gasteiger partial charge on any atom is -0.497 e. The highest BCUT2D eigenvalue weighted by Gasteiger charge is 2.37. The van der Waals surface area contributed by atoms with E-state index in [0.717, 1.165) is 11.8 Å². The van der Waals surface area contributed by atoms with Crippen LogP contribution in [0.5, 0.6) is 5.75 Å². The van der Waals surface area contributed by atoms with Crippen LogP contribution in [-0.2, 0) is 17.1 Å². The lowest BCUT2D eigenvalue weighted by Gasteiger charge is -2.14. The molecule has 0 aliphatic heterocycles. The van der Waals surface area contributed by atoms with E-state index in [1.165, 1.54) is 13.4 Å². The van der Waals surface area contributed by atoms with Crippen molar-refractivity contribution in [2.75, 3.05) is 18.2 Å². The number of alkyl halides is 6. The van der Waals surface area contributed by atoms with Crippen molar-refractivity contribution in [3.63, 3.8) is 0 Å². The van der Waals surface area contributed by atoms with E-state index in [0.29, 0.717) is 28.7 Å². The zero-order chi connectivity index (χ0) is 23.5. The molecule has 1 N–H and O–H groups in total. The Balaban J connectivity index is 1.73. The predicted octanol–water partition coefficient (Wildman–Crippen LogP) is 5.04. The molecule has 0 aliphatic rings. The molecule has 0 bridgehead atoms. The smallest absolute Gasteiger partial charge is 0.416 e. The van der Waals surface area contributed by atoms with Gasteiger partial charge in [0.1, 0.15) is 12.1 Å². The first-order valence-corrected chi connectivity index (χ1v) is 9.72. The molecule has 32 heavy (non-hydrogen) atoms. The molecule has 3 rings (SSSR count). The van der Waals surface area contributed by atoms with Gasteiger partial charge in [-0.15, -0.1) is 10.2 Å². The van der Waals surface area contributed by atoms with Gasteiger partial charge in [-0.3, -0.25) is 9.36 Å². The standard InChI is InChI=1S/C19H14F6N4O2S/c1-31-15-4-2-14(3-5-15)29-10-26-28-17(29)32-9-16(30)27-13-7-11(18(20,21)22)6-12(8-13)19(23,24)25/h2-8,10H,9H2,1H3,(H,27,30). The number of thioether (sulfide) groups is 1. The van der Waals surface area contributed by atoms with E-state index < -0.39 is 35.1 Å². The van der Waals surface area contributed by atoms with Crippen LogP contribution < -0.4 is 10.1 Å². The number of carbonyl (C=O) groups excluding carboxylic acids is 1. The Morgan fingerprint density at radius 3 is 2.16 bits per heavy atom. The fourth-order valence-corrected chi connectivity index (χ4v) is 3.33. The molecule has 13 heteroatoms. The summed E-state index contributed by atoms with van der Waals surface area (Å²) in [7, 11) is 1.51. The van der Waals surface area contributed by atoms with Crippen LogP contribution in [0.15, 0.2) is 53.9 Å². The normalized spacial score (nSPS) is 12.0. The number of halogens is 6. The summed E-state index contributed by atoms with van der Waals surface area (Å²) in [5.41, 5.74) is -3.00. The number of anilines is 1. The lowest BCUT2D eigenvalue weighted by molar-refractivity contribution is -0.143. The summed E-state index contributed by atoms with van der Waals surface area (Å²) in [4.78, 5) is 12.2. The molecule has 1 aromatic heterocycles. The average Bonchev–Trinajstić information content (AvgIpc) is 3.19. The fraction of sp³-hybridized carbons (Fsp3) is 0.211. The number of benzene rings is 2. The third kappa shape index (κ3) is 5.72. The van der Waals surface area contributed by atoms with E-state index in [4.69, 9.17) is 4.74 Å². The van der Waals surface area contributed by atoms with Gasteiger partial charge >= 0.3 is 12.4 Å². The molecule has 3 aromatic rings. The molecule has 0 radical (unpaired) electrons. The molecule has 0 saturated carbocycles. The van der Waals surface area contributed by atoms with Crippen LogP contribution in [0.4, 0.5) is 32.0 Å². The maximum Gasteiger partial charge on any atom is 0.416 e. The third-order valence-electron chi connectivity index (χ3n) is 4.07. The van der Waals surface area contributed by atoms with Crippen LogP contribution in [0, 0.1) is 0 Å². The minimum absolute atomic E-state index is 0.0122. The number of hydrogen-bond donors (Lipinski definition) is 1. The van der Waals surface area contributed by atoms with Crippen molar-refractivity contribution < 1.29 is 35.9 Å². The van der Waals surface area contributed by atoms with Crippen LogP contribution in [0.1, 0.15) is 11.1 Å². The van der Waals surface area contributed by atoms with Gasteiger partial charge in [-0.05, 0) is 42.5 Å². The van der Waals surface area contributed by atoms with Gasteiger partial charge in [0.05, 0.1) is 24.0 Å². The number of nitrogens with zero attached hydrogens (tertiary/aromatic N) is 3. The Hall–Kier alpha value is -3.22. The molecule has 0 saturated heterocycles. The largest absolute Gasteiger partial charge is 0.497 e. The number of hydrogen-bond acceptors (Lipinski definition) is 5. The second kappa shape index (κ2) is 9.10. The number of methoxy groups -OCH3 is 1. The quantitative estimate of drug-likeness (QED) is 0.399. The van der Waals surface area contributed by atoms with Crippen LogP contribution in [0.2, 0.25) is 0 Å². The second-order valence-corrected chi connectivity index (χ2v) is 7.26. The van der Waals surface area contributed by atoms with Crippen LogP contribution in [0.25, 0.3) is 5.69 Å². The third-order valence-corrected chi connectivity index (χ3v) is 5.01. The molecule has 2 aromatic carbocycles. The molecule has 0 aliphatic carbocycles. The first-order chi connectivity index (χ1) is 15.0. The summed E-state index contributed by atoms with van der Waals surface area (Å²) < 4.78 is 84.3. The van der Waals surface area contributed by atoms with Crippen molar-refractivity contribution in [1.29, 1.82) is 0 Å². The summed E-state index contributed by atoms with van der Waals surface area (Å²) in [6.07, 6.45) is -8.63. The first kappa shape index (κ1) is 23.4. The molecule has 6 nitrogen and oxygen atoms in total. The number of carbonyl (C=O) groups is 1. The summed E-state index contributed by atoms with van der Waals surface area (Å²) in [6.45, 7) is 0. The molecule has 0 unspecified atom stereocenters. The number of rotatable bonds is 6. The Morgan fingerprint density at radius 2 is 1.62 bits per heavy atom. The topological polar surface area (TPSA) is 69.0 Å². The van der Waals surface area contributed by atoms with Crippen molar-refractivity contribution in [2.24, 2.45) is 0 Å². The molecular weight excluding hydrogens is 462 g/mol. The highest BCUT2D eigenvalue weighted by atomic mass is 32.2. The van der Waals surface area contributed by atoms with Gasteiger partial charge < -0.3 is 10.1 Å². The van der Waals surface area contributed by atoms with Gasteiger partial charge in [-0.2, -0.15) is 26.3 Å². The van der Waals surface area contributed by atoms with Gasteiger partial charge in [0.15, 0.2) is 5.16 Å². The van der Waals surface area contributed by atoms with Crippen molar-refractivity contribution in [2.45, 2.75) is 17.5 Å². The highest BCUT2D eigenvalue weighted by molar-refractivity contribution is 7.99. The van der Waals surface area contributed by atoms with Crippen LogP contribution >= 0.6 is 11.8 Å².